The Morgan fingerprint density at radius 3 is 2.29 bits per heavy atom. The third kappa shape index (κ3) is 5.81. The number of aliphatic carboxylic acids is 1. The zero-order chi connectivity index (χ0) is 25.8. The van der Waals surface area contributed by atoms with E-state index < -0.39 is 105 Å². The standard InChI is InChI=1S/C18H31NO15/c1-31-16-13(28)15(12(27)8(4-21)32-16)34-18(17(29)30)2-6(23)10(19-9(25)5-22)14(33-18)11(26)7(24)3-20/h6-8,10-16,20-24,26-28H,2-5H2,1H3,(H,19,25)(H,29,30)/t6-,7-,8+,10+,11-,12-,13+,14-,15+,16+,18-/m0/s1. The lowest BCUT2D eigenvalue weighted by Crippen LogP contribution is -2.70. The fourth-order valence-electron chi connectivity index (χ4n) is 3.85. The van der Waals surface area contributed by atoms with E-state index in [2.05, 4.69) is 5.32 Å². The smallest absolute Gasteiger partial charge is 0.364 e. The third-order valence-electron chi connectivity index (χ3n) is 5.67. The van der Waals surface area contributed by atoms with E-state index in [4.69, 9.17) is 24.1 Å². The first kappa shape index (κ1) is 28.7. The van der Waals surface area contributed by atoms with Crippen LogP contribution in [0.3, 0.4) is 0 Å². The van der Waals surface area contributed by atoms with Gasteiger partial charge in [-0.1, -0.05) is 0 Å². The van der Waals surface area contributed by atoms with Gasteiger partial charge in [0.1, 0.15) is 49.3 Å². The average Bonchev–Trinajstić information content (AvgIpc) is 2.82. The van der Waals surface area contributed by atoms with Crippen LogP contribution in [-0.4, -0.2) is 152 Å². The van der Waals surface area contributed by atoms with Gasteiger partial charge in [-0.15, -0.1) is 0 Å². The highest BCUT2D eigenvalue weighted by Crippen LogP contribution is 2.37. The molecule has 0 aliphatic carbocycles. The topological polar surface area (TPSA) is 265 Å². The molecule has 16 heteroatoms. The second kappa shape index (κ2) is 11.9. The molecule has 2 fully saturated rings. The first-order chi connectivity index (χ1) is 16.0. The fraction of sp³-hybridized carbons (Fsp3) is 0.889. The Bertz CT molecular complexity index is 680. The molecule has 16 nitrogen and oxygen atoms in total. The minimum absolute atomic E-state index is 0.767. The van der Waals surface area contributed by atoms with Crippen LogP contribution in [-0.2, 0) is 28.5 Å². The quantitative estimate of drug-likeness (QED) is 0.133. The van der Waals surface area contributed by atoms with Crippen molar-refractivity contribution in [3.63, 3.8) is 0 Å². The molecule has 2 heterocycles. The molecule has 0 aromatic carbocycles. The average molecular weight is 501 g/mol. The van der Waals surface area contributed by atoms with Gasteiger partial charge in [0.05, 0.1) is 25.4 Å². The van der Waals surface area contributed by atoms with Gasteiger partial charge < -0.3 is 70.2 Å². The van der Waals surface area contributed by atoms with Crippen molar-refractivity contribution in [3.8, 4) is 0 Å². The van der Waals surface area contributed by atoms with Crippen LogP contribution in [0.5, 0.6) is 0 Å². The molecule has 0 saturated carbocycles. The Morgan fingerprint density at radius 1 is 1.15 bits per heavy atom. The molecular weight excluding hydrogens is 470 g/mol. The maximum absolute atomic E-state index is 12.2. The summed E-state index contributed by atoms with van der Waals surface area (Å²) in [5, 5.41) is 91.5. The highest BCUT2D eigenvalue weighted by atomic mass is 16.8. The van der Waals surface area contributed by atoms with Gasteiger partial charge in [-0.2, -0.15) is 0 Å². The van der Waals surface area contributed by atoms with Gasteiger partial charge in [-0.05, 0) is 0 Å². The summed E-state index contributed by atoms with van der Waals surface area (Å²) in [6.45, 7) is -2.81. The van der Waals surface area contributed by atoms with Gasteiger partial charge in [0, 0.05) is 13.5 Å². The lowest BCUT2D eigenvalue weighted by Gasteiger charge is -2.49. The van der Waals surface area contributed by atoms with E-state index in [1.54, 1.807) is 0 Å². The van der Waals surface area contributed by atoms with Crippen molar-refractivity contribution in [3.05, 3.63) is 0 Å². The van der Waals surface area contributed by atoms with Crippen molar-refractivity contribution in [1.29, 1.82) is 0 Å². The number of aliphatic hydroxyl groups is 8. The zero-order valence-corrected chi connectivity index (χ0v) is 18.1. The third-order valence-corrected chi connectivity index (χ3v) is 5.67. The van der Waals surface area contributed by atoms with Crippen molar-refractivity contribution < 1.29 is 74.5 Å². The Labute approximate surface area is 192 Å². The van der Waals surface area contributed by atoms with Crippen LogP contribution in [0.25, 0.3) is 0 Å². The lowest BCUT2D eigenvalue weighted by molar-refractivity contribution is -0.368. The van der Waals surface area contributed by atoms with Gasteiger partial charge in [-0.25, -0.2) is 4.79 Å². The molecule has 10 N–H and O–H groups in total. The van der Waals surface area contributed by atoms with E-state index in [9.17, 15) is 50.4 Å². The van der Waals surface area contributed by atoms with Crippen LogP contribution >= 0.6 is 0 Å². The number of nitrogens with one attached hydrogen (secondary N) is 1. The molecule has 0 aromatic heterocycles. The van der Waals surface area contributed by atoms with Gasteiger partial charge in [0.25, 0.3) is 5.79 Å². The van der Waals surface area contributed by atoms with Crippen LogP contribution in [0.2, 0.25) is 0 Å². The van der Waals surface area contributed by atoms with Gasteiger partial charge in [0.15, 0.2) is 6.29 Å². The van der Waals surface area contributed by atoms with E-state index in [0.29, 0.717) is 0 Å². The minimum atomic E-state index is -2.87. The number of hydrogen-bond donors (Lipinski definition) is 10. The lowest BCUT2D eigenvalue weighted by atomic mass is 9.88. The molecule has 0 unspecified atom stereocenters. The molecule has 0 spiro atoms. The van der Waals surface area contributed by atoms with E-state index in [0.717, 1.165) is 7.11 Å². The van der Waals surface area contributed by atoms with E-state index >= 15 is 0 Å². The van der Waals surface area contributed by atoms with Crippen LogP contribution in [0.1, 0.15) is 6.42 Å². The predicted octanol–water partition coefficient (Wildman–Crippen LogP) is -6.42. The molecule has 0 radical (unpaired) electrons. The number of hydrogen-bond acceptors (Lipinski definition) is 14. The fourth-order valence-corrected chi connectivity index (χ4v) is 3.85. The van der Waals surface area contributed by atoms with E-state index in [-0.39, 0.29) is 0 Å². The number of methoxy groups -OCH3 is 1. The highest BCUT2D eigenvalue weighted by Gasteiger charge is 2.59. The second-order valence-electron chi connectivity index (χ2n) is 7.93. The SMILES string of the molecule is CO[C@@H]1O[C@H](CO)[C@H](O)[C@@H](O[C@]2(C(=O)O)C[C@H](O)[C@@H](NC(=O)CO)[C@@H]([C@@H](O)[C@@H](O)CO)O2)[C@H]1O. The van der Waals surface area contributed by atoms with Crippen molar-refractivity contribution in [2.45, 2.75) is 73.4 Å². The summed E-state index contributed by atoms with van der Waals surface area (Å²) in [6, 6.07) is -1.58. The molecule has 1 amide bonds. The maximum Gasteiger partial charge on any atom is 0.364 e. The van der Waals surface area contributed by atoms with Crippen molar-refractivity contribution >= 4 is 11.9 Å². The molecule has 198 valence electrons. The summed E-state index contributed by atoms with van der Waals surface area (Å²) >= 11 is 0. The summed E-state index contributed by atoms with van der Waals surface area (Å²) in [5.74, 6) is -5.78. The Kier molecular flexibility index (Phi) is 10.1. The number of rotatable bonds is 10. The molecule has 0 aromatic rings. The first-order valence-corrected chi connectivity index (χ1v) is 10.3. The molecule has 2 saturated heterocycles. The normalized spacial score (nSPS) is 40.4. The predicted molar refractivity (Wildman–Crippen MR) is 104 cm³/mol. The number of carboxylic acids is 1. The summed E-state index contributed by atoms with van der Waals surface area (Å²) < 4.78 is 20.9. The van der Waals surface area contributed by atoms with Gasteiger partial charge in [-0.3, -0.25) is 4.79 Å². The summed E-state index contributed by atoms with van der Waals surface area (Å²) in [5.41, 5.74) is 0. The molecule has 2 rings (SSSR count). The number of carbonyl (C=O) groups is 2. The highest BCUT2D eigenvalue weighted by molar-refractivity contribution is 5.78. The molecule has 0 bridgehead atoms. The Hall–Kier alpha value is -1.54. The van der Waals surface area contributed by atoms with Crippen LogP contribution in [0.15, 0.2) is 0 Å². The van der Waals surface area contributed by atoms with Crippen LogP contribution in [0, 0.1) is 0 Å². The van der Waals surface area contributed by atoms with E-state index in [1.165, 1.54) is 0 Å². The Morgan fingerprint density at radius 2 is 1.79 bits per heavy atom. The molecule has 2 aliphatic heterocycles. The van der Waals surface area contributed by atoms with Crippen molar-refractivity contribution in [2.75, 3.05) is 26.9 Å². The van der Waals surface area contributed by atoms with Gasteiger partial charge >= 0.3 is 5.97 Å². The molecular formula is C18H31NO15. The maximum atomic E-state index is 12.2. The number of aliphatic hydroxyl groups excluding tert-OH is 8. The van der Waals surface area contributed by atoms with Crippen molar-refractivity contribution in [1.82, 2.24) is 5.32 Å². The number of amides is 1. The number of carboxylic acid groups (broad SMARTS) is 1. The van der Waals surface area contributed by atoms with Crippen molar-refractivity contribution in [2.24, 2.45) is 0 Å². The zero-order valence-electron chi connectivity index (χ0n) is 18.1. The molecule has 2 aliphatic rings. The summed E-state index contributed by atoms with van der Waals surface area (Å²) in [4.78, 5) is 23.9. The minimum Gasteiger partial charge on any atom is -0.477 e. The van der Waals surface area contributed by atoms with Crippen LogP contribution in [0.4, 0.5) is 0 Å². The summed E-state index contributed by atoms with van der Waals surface area (Å²) in [6.07, 6.45) is -16.9. The van der Waals surface area contributed by atoms with E-state index in [1.807, 2.05) is 0 Å². The molecule has 11 atom stereocenters. The van der Waals surface area contributed by atoms with Crippen LogP contribution < -0.4 is 5.32 Å². The summed E-state index contributed by atoms with van der Waals surface area (Å²) in [7, 11) is 1.13. The first-order valence-electron chi connectivity index (χ1n) is 10.3. The Balaban J connectivity index is 2.44. The largest absolute Gasteiger partial charge is 0.477 e. The monoisotopic (exact) mass is 501 g/mol. The number of ether oxygens (including phenoxy) is 4. The van der Waals surface area contributed by atoms with Gasteiger partial charge in [0.2, 0.25) is 5.91 Å². The second-order valence-corrected chi connectivity index (χ2v) is 7.93. The molecule has 34 heavy (non-hydrogen) atoms. The number of carbonyl (C=O) groups excluding carboxylic acids is 1.